The van der Waals surface area contributed by atoms with Crippen LogP contribution in [0, 0.1) is 0 Å². The SMILES string of the molecule is Nc1nc2c(ncn2COC(O)CC[18F])c(=O)[nH]1. The summed E-state index contributed by atoms with van der Waals surface area (Å²) in [5, 5.41) is 9.22. The van der Waals surface area contributed by atoms with Gasteiger partial charge in [-0.2, -0.15) is 4.98 Å². The van der Waals surface area contributed by atoms with E-state index in [1.54, 1.807) is 0 Å². The number of aliphatic hydroxyl groups is 1. The van der Waals surface area contributed by atoms with Crippen molar-refractivity contribution in [1.82, 2.24) is 19.5 Å². The van der Waals surface area contributed by atoms with Crippen molar-refractivity contribution in [2.24, 2.45) is 0 Å². The minimum Gasteiger partial charge on any atom is -0.369 e. The Morgan fingerprint density at radius 2 is 2.44 bits per heavy atom. The molecule has 0 saturated carbocycles. The Balaban J connectivity index is 2.22. The van der Waals surface area contributed by atoms with Crippen molar-refractivity contribution in [3.8, 4) is 0 Å². The fourth-order valence-corrected chi connectivity index (χ4v) is 1.41. The molecule has 0 aliphatic carbocycles. The van der Waals surface area contributed by atoms with Crippen LogP contribution in [-0.2, 0) is 11.5 Å². The lowest BCUT2D eigenvalue weighted by atomic mass is 10.5. The maximum Gasteiger partial charge on any atom is 0.280 e. The first-order valence-electron chi connectivity index (χ1n) is 5.18. The first-order valence-corrected chi connectivity index (χ1v) is 5.18. The summed E-state index contributed by atoms with van der Waals surface area (Å²) in [5.41, 5.74) is 5.31. The number of ether oxygens (including phenoxy) is 1. The molecule has 0 fully saturated rings. The van der Waals surface area contributed by atoms with Gasteiger partial charge in [0, 0.05) is 6.42 Å². The number of hydrogen-bond donors (Lipinski definition) is 3. The van der Waals surface area contributed by atoms with Gasteiger partial charge in [0.25, 0.3) is 5.56 Å². The summed E-state index contributed by atoms with van der Waals surface area (Å²) in [5.74, 6) is -0.0430. The Kier molecular flexibility index (Phi) is 3.53. The van der Waals surface area contributed by atoms with Crippen LogP contribution in [0.5, 0.6) is 0 Å². The standard InChI is InChI=1S/C9H12FN5O3/c10-2-1-5(16)18-4-15-3-12-6-7(15)13-9(11)14-8(6)17/h3,5,16H,1-2,4H2,(H3,11,13,14,17)/i10-1. The van der Waals surface area contributed by atoms with Gasteiger partial charge in [0.05, 0.1) is 13.0 Å². The maximum atomic E-state index is 11.9. The molecule has 9 heteroatoms. The van der Waals surface area contributed by atoms with E-state index < -0.39 is 18.5 Å². The Bertz CT molecular complexity index is 595. The molecule has 0 amide bonds. The van der Waals surface area contributed by atoms with E-state index in [1.807, 2.05) is 0 Å². The molecule has 2 heterocycles. The summed E-state index contributed by atoms with van der Waals surface area (Å²) in [6, 6.07) is 0. The highest BCUT2D eigenvalue weighted by Crippen LogP contribution is 2.07. The van der Waals surface area contributed by atoms with Gasteiger partial charge in [-0.1, -0.05) is 0 Å². The third-order valence-corrected chi connectivity index (χ3v) is 2.26. The summed E-state index contributed by atoms with van der Waals surface area (Å²) in [7, 11) is 0. The first-order chi connectivity index (χ1) is 8.61. The minimum absolute atomic E-state index is 0.0430. The molecule has 0 aliphatic heterocycles. The molecule has 0 bridgehead atoms. The van der Waals surface area contributed by atoms with Crippen molar-refractivity contribution in [3.63, 3.8) is 0 Å². The number of imidazole rings is 1. The third-order valence-electron chi connectivity index (χ3n) is 2.26. The summed E-state index contributed by atoms with van der Waals surface area (Å²) in [4.78, 5) is 21.5. The van der Waals surface area contributed by atoms with E-state index in [1.165, 1.54) is 10.9 Å². The predicted molar refractivity (Wildman–Crippen MR) is 60.2 cm³/mol. The number of nitrogens with zero attached hydrogens (tertiary/aromatic N) is 3. The molecule has 2 aromatic heterocycles. The van der Waals surface area contributed by atoms with E-state index in [9.17, 15) is 14.3 Å². The number of hydrogen-bond acceptors (Lipinski definition) is 6. The molecule has 1 atom stereocenters. The minimum atomic E-state index is -1.22. The second-order valence-electron chi connectivity index (χ2n) is 3.57. The molecular weight excluding hydrogens is 244 g/mol. The van der Waals surface area contributed by atoms with Gasteiger partial charge in [0.2, 0.25) is 5.95 Å². The highest BCUT2D eigenvalue weighted by Gasteiger charge is 2.10. The van der Waals surface area contributed by atoms with Gasteiger partial charge in [-0.05, 0) is 0 Å². The number of aromatic nitrogens is 4. The summed E-state index contributed by atoms with van der Waals surface area (Å²) >= 11 is 0. The van der Waals surface area contributed by atoms with Gasteiger partial charge in [0.15, 0.2) is 17.5 Å². The topological polar surface area (TPSA) is 119 Å². The molecule has 2 rings (SSSR count). The second kappa shape index (κ2) is 5.10. The van der Waals surface area contributed by atoms with Crippen LogP contribution >= 0.6 is 0 Å². The van der Waals surface area contributed by atoms with E-state index in [2.05, 4.69) is 15.0 Å². The van der Waals surface area contributed by atoms with Crippen molar-refractivity contribution in [1.29, 1.82) is 0 Å². The number of aliphatic hydroxyl groups excluding tert-OH is 1. The third kappa shape index (κ3) is 2.46. The summed E-state index contributed by atoms with van der Waals surface area (Å²) in [6.45, 7) is -0.787. The Hall–Kier alpha value is -2.00. The molecule has 0 spiro atoms. The number of rotatable bonds is 5. The molecular formula is C9H12FN5O3. The Labute approximate surface area is 100 Å². The van der Waals surface area contributed by atoms with Gasteiger partial charge in [0.1, 0.15) is 6.73 Å². The molecule has 8 nitrogen and oxygen atoms in total. The van der Waals surface area contributed by atoms with Crippen molar-refractivity contribution in [3.05, 3.63) is 16.7 Å². The van der Waals surface area contributed by atoms with Gasteiger partial charge < -0.3 is 15.6 Å². The van der Waals surface area contributed by atoms with Crippen molar-refractivity contribution < 1.29 is 14.2 Å². The van der Waals surface area contributed by atoms with Crippen LogP contribution < -0.4 is 11.3 Å². The van der Waals surface area contributed by atoms with E-state index in [-0.39, 0.29) is 30.3 Å². The highest BCUT2D eigenvalue weighted by atomic mass is 18.2. The number of fused-ring (bicyclic) bond motifs is 1. The molecule has 0 radical (unpaired) electrons. The lowest BCUT2D eigenvalue weighted by molar-refractivity contribution is -0.129. The molecule has 1 unspecified atom stereocenters. The monoisotopic (exact) mass is 256 g/mol. The molecule has 98 valence electrons. The molecule has 18 heavy (non-hydrogen) atoms. The largest absolute Gasteiger partial charge is 0.369 e. The van der Waals surface area contributed by atoms with Crippen molar-refractivity contribution >= 4 is 17.1 Å². The van der Waals surface area contributed by atoms with Crippen molar-refractivity contribution in [2.75, 3.05) is 12.4 Å². The zero-order chi connectivity index (χ0) is 13.1. The molecule has 0 aromatic carbocycles. The quantitative estimate of drug-likeness (QED) is 0.612. The van der Waals surface area contributed by atoms with E-state index in [0.29, 0.717) is 0 Å². The first kappa shape index (κ1) is 12.5. The fraction of sp³-hybridized carbons (Fsp3) is 0.444. The normalized spacial score (nSPS) is 13.0. The number of aromatic amines is 1. The number of anilines is 1. The van der Waals surface area contributed by atoms with Crippen LogP contribution in [0.2, 0.25) is 0 Å². The zero-order valence-corrected chi connectivity index (χ0v) is 9.34. The average Bonchev–Trinajstić information content (AvgIpc) is 2.70. The number of halogens is 1. The maximum absolute atomic E-state index is 11.9. The van der Waals surface area contributed by atoms with Crippen LogP contribution in [0.1, 0.15) is 6.42 Å². The summed E-state index contributed by atoms with van der Waals surface area (Å²) < 4.78 is 18.3. The van der Waals surface area contributed by atoms with Crippen LogP contribution in [0.3, 0.4) is 0 Å². The van der Waals surface area contributed by atoms with Crippen LogP contribution in [-0.4, -0.2) is 37.6 Å². The number of alkyl halides is 1. The average molecular weight is 256 g/mol. The van der Waals surface area contributed by atoms with Crippen molar-refractivity contribution in [2.45, 2.75) is 19.4 Å². The lowest BCUT2D eigenvalue weighted by Crippen LogP contribution is -2.16. The van der Waals surface area contributed by atoms with Crippen LogP contribution in [0.25, 0.3) is 11.2 Å². The number of H-pyrrole nitrogens is 1. The van der Waals surface area contributed by atoms with Gasteiger partial charge in [-0.25, -0.2) is 4.98 Å². The molecule has 2 aromatic rings. The fourth-order valence-electron chi connectivity index (χ4n) is 1.41. The molecule has 0 aliphatic rings. The predicted octanol–water partition coefficient (Wildman–Crippen LogP) is -0.646. The van der Waals surface area contributed by atoms with Gasteiger partial charge in [-0.15, -0.1) is 0 Å². The lowest BCUT2D eigenvalue weighted by Gasteiger charge is -2.10. The Morgan fingerprint density at radius 1 is 1.67 bits per heavy atom. The van der Waals surface area contributed by atoms with Crippen LogP contribution in [0.15, 0.2) is 11.1 Å². The second-order valence-corrected chi connectivity index (χ2v) is 3.57. The zero-order valence-electron chi connectivity index (χ0n) is 9.34. The molecule has 4 N–H and O–H groups in total. The highest BCUT2D eigenvalue weighted by molar-refractivity contribution is 5.70. The number of nitrogens with one attached hydrogen (secondary N) is 1. The van der Waals surface area contributed by atoms with E-state index >= 15 is 0 Å². The summed E-state index contributed by atoms with van der Waals surface area (Å²) in [6.07, 6.45) is -0.0103. The van der Waals surface area contributed by atoms with Gasteiger partial charge in [-0.3, -0.25) is 18.7 Å². The molecule has 0 saturated heterocycles. The number of nitrogen functional groups attached to an aromatic ring is 1. The number of nitrogens with two attached hydrogens (primary N) is 1. The van der Waals surface area contributed by atoms with Gasteiger partial charge >= 0.3 is 0 Å². The van der Waals surface area contributed by atoms with Crippen LogP contribution in [0.4, 0.5) is 10.3 Å². The van der Waals surface area contributed by atoms with E-state index in [4.69, 9.17) is 10.5 Å². The van der Waals surface area contributed by atoms with E-state index in [0.717, 1.165) is 0 Å². The smallest absolute Gasteiger partial charge is 0.280 e. The Morgan fingerprint density at radius 3 is 3.17 bits per heavy atom.